The number of nitrogens with zero attached hydrogens (tertiary/aromatic N) is 1. The first-order chi connectivity index (χ1) is 5.11. The molecule has 4 heteroatoms. The number of rotatable bonds is 2. The van der Waals surface area contributed by atoms with Crippen molar-refractivity contribution in [3.63, 3.8) is 0 Å². The van der Waals surface area contributed by atoms with Gasteiger partial charge in [0.2, 0.25) is 0 Å². The van der Waals surface area contributed by atoms with Gasteiger partial charge in [0.15, 0.2) is 10.9 Å². The summed E-state index contributed by atoms with van der Waals surface area (Å²) < 4.78 is 0. The van der Waals surface area contributed by atoms with Crippen molar-refractivity contribution in [3.8, 4) is 0 Å². The third-order valence-corrected chi connectivity index (χ3v) is 1.97. The van der Waals surface area contributed by atoms with Crippen molar-refractivity contribution in [2.45, 2.75) is 13.8 Å². The minimum absolute atomic E-state index is 0.00324. The van der Waals surface area contributed by atoms with Crippen LogP contribution in [-0.2, 0) is 0 Å². The van der Waals surface area contributed by atoms with E-state index in [1.807, 2.05) is 13.8 Å². The minimum atomic E-state index is -0.00324. The molecule has 11 heavy (non-hydrogen) atoms. The van der Waals surface area contributed by atoms with Crippen LogP contribution < -0.4 is 5.73 Å². The number of carbonyl (C=O) groups excluding carboxylic acids is 1. The Kier molecular flexibility index (Phi) is 2.24. The minimum Gasteiger partial charge on any atom is -0.375 e. The quantitative estimate of drug-likeness (QED) is 0.685. The van der Waals surface area contributed by atoms with Crippen molar-refractivity contribution in [1.82, 2.24) is 4.98 Å². The van der Waals surface area contributed by atoms with Gasteiger partial charge >= 0.3 is 0 Å². The van der Waals surface area contributed by atoms with Crippen LogP contribution in [0.2, 0.25) is 0 Å². The molecule has 0 fully saturated rings. The predicted molar refractivity (Wildman–Crippen MR) is 45.7 cm³/mol. The highest BCUT2D eigenvalue weighted by Gasteiger charge is 2.12. The largest absolute Gasteiger partial charge is 0.375 e. The molecule has 0 atom stereocenters. The predicted octanol–water partition coefficient (Wildman–Crippen LogP) is 1.56. The standard InChI is InChI=1S/C7H10N2OS/c1-4(2)6(10)5-3-11-7(8)9-5/h3-4H,1-2H3,(H2,8,9). The Morgan fingerprint density at radius 3 is 2.73 bits per heavy atom. The summed E-state index contributed by atoms with van der Waals surface area (Å²) in [4.78, 5) is 15.1. The van der Waals surface area contributed by atoms with Crippen molar-refractivity contribution in [1.29, 1.82) is 0 Å². The Morgan fingerprint density at radius 1 is 1.73 bits per heavy atom. The molecule has 0 unspecified atom stereocenters. The van der Waals surface area contributed by atoms with Gasteiger partial charge in [0, 0.05) is 11.3 Å². The number of nitrogens with two attached hydrogens (primary N) is 1. The first-order valence-corrected chi connectivity index (χ1v) is 4.24. The molecule has 1 rings (SSSR count). The lowest BCUT2D eigenvalue weighted by Gasteiger charge is -1.97. The fourth-order valence-corrected chi connectivity index (χ4v) is 1.25. The molecule has 1 aromatic heterocycles. The third-order valence-electron chi connectivity index (χ3n) is 1.30. The lowest BCUT2D eigenvalue weighted by atomic mass is 10.1. The topological polar surface area (TPSA) is 56.0 Å². The summed E-state index contributed by atoms with van der Waals surface area (Å²) in [6.45, 7) is 3.69. The normalized spacial score (nSPS) is 10.5. The van der Waals surface area contributed by atoms with E-state index in [0.717, 1.165) is 0 Å². The van der Waals surface area contributed by atoms with Gasteiger partial charge in [0.25, 0.3) is 0 Å². The highest BCUT2D eigenvalue weighted by atomic mass is 32.1. The van der Waals surface area contributed by atoms with E-state index in [2.05, 4.69) is 4.98 Å². The van der Waals surface area contributed by atoms with Crippen LogP contribution in [0.3, 0.4) is 0 Å². The lowest BCUT2D eigenvalue weighted by molar-refractivity contribution is 0.0935. The second-order valence-electron chi connectivity index (χ2n) is 2.59. The van der Waals surface area contributed by atoms with E-state index in [-0.39, 0.29) is 11.7 Å². The Balaban J connectivity index is 2.85. The Morgan fingerprint density at radius 2 is 2.36 bits per heavy atom. The summed E-state index contributed by atoms with van der Waals surface area (Å²) >= 11 is 1.30. The van der Waals surface area contributed by atoms with Gasteiger partial charge in [-0.1, -0.05) is 13.8 Å². The van der Waals surface area contributed by atoms with Crippen LogP contribution >= 0.6 is 11.3 Å². The Bertz CT molecular complexity index is 267. The first-order valence-electron chi connectivity index (χ1n) is 3.36. The molecule has 0 aromatic carbocycles. The molecular formula is C7H10N2OS. The SMILES string of the molecule is CC(C)C(=O)c1csc(N)n1. The summed E-state index contributed by atoms with van der Waals surface area (Å²) in [5, 5.41) is 2.14. The smallest absolute Gasteiger partial charge is 0.184 e. The van der Waals surface area contributed by atoms with E-state index < -0.39 is 0 Å². The number of Topliss-reactive ketones (excluding diaryl/α,β-unsaturated/α-hetero) is 1. The monoisotopic (exact) mass is 170 g/mol. The molecule has 2 N–H and O–H groups in total. The summed E-state index contributed by atoms with van der Waals surface area (Å²) in [7, 11) is 0. The number of aromatic nitrogens is 1. The maximum absolute atomic E-state index is 11.2. The van der Waals surface area contributed by atoms with Crippen LogP contribution in [0.4, 0.5) is 5.13 Å². The van der Waals surface area contributed by atoms with Gasteiger partial charge < -0.3 is 5.73 Å². The second kappa shape index (κ2) is 3.00. The lowest BCUT2D eigenvalue weighted by Crippen LogP contribution is -2.07. The molecule has 0 amide bonds. The zero-order valence-corrected chi connectivity index (χ0v) is 7.31. The van der Waals surface area contributed by atoms with E-state index in [4.69, 9.17) is 5.73 Å². The first kappa shape index (κ1) is 8.20. The number of anilines is 1. The van der Waals surface area contributed by atoms with E-state index in [0.29, 0.717) is 10.8 Å². The van der Waals surface area contributed by atoms with Crippen LogP contribution in [0.25, 0.3) is 0 Å². The van der Waals surface area contributed by atoms with Crippen LogP contribution in [0.1, 0.15) is 24.3 Å². The van der Waals surface area contributed by atoms with Crippen molar-refractivity contribution < 1.29 is 4.79 Å². The van der Waals surface area contributed by atoms with Crippen LogP contribution in [-0.4, -0.2) is 10.8 Å². The van der Waals surface area contributed by atoms with Gasteiger partial charge in [0.05, 0.1) is 0 Å². The van der Waals surface area contributed by atoms with Gasteiger partial charge in [-0.3, -0.25) is 4.79 Å². The summed E-state index contributed by atoms with van der Waals surface area (Å²) in [6, 6.07) is 0. The van der Waals surface area contributed by atoms with Crippen molar-refractivity contribution in [2.75, 3.05) is 5.73 Å². The van der Waals surface area contributed by atoms with Crippen LogP contribution in [0, 0.1) is 5.92 Å². The van der Waals surface area contributed by atoms with Crippen LogP contribution in [0.15, 0.2) is 5.38 Å². The molecule has 60 valence electrons. The molecule has 0 bridgehead atoms. The van der Waals surface area contributed by atoms with Crippen molar-refractivity contribution in [2.24, 2.45) is 5.92 Å². The molecule has 0 saturated heterocycles. The number of hydrogen-bond donors (Lipinski definition) is 1. The molecule has 1 aromatic rings. The molecule has 0 radical (unpaired) electrons. The van der Waals surface area contributed by atoms with Gasteiger partial charge in [-0.2, -0.15) is 0 Å². The van der Waals surface area contributed by atoms with E-state index in [1.165, 1.54) is 11.3 Å². The van der Waals surface area contributed by atoms with Gasteiger partial charge in [0.1, 0.15) is 5.69 Å². The van der Waals surface area contributed by atoms with Crippen LogP contribution in [0.5, 0.6) is 0 Å². The molecule has 3 nitrogen and oxygen atoms in total. The highest BCUT2D eigenvalue weighted by Crippen LogP contribution is 2.14. The number of ketones is 1. The fraction of sp³-hybridized carbons (Fsp3) is 0.429. The van der Waals surface area contributed by atoms with Gasteiger partial charge in [-0.05, 0) is 0 Å². The Labute approximate surface area is 69.3 Å². The van der Waals surface area contributed by atoms with Gasteiger partial charge in [-0.25, -0.2) is 4.98 Å². The average Bonchev–Trinajstić information content (AvgIpc) is 2.34. The summed E-state index contributed by atoms with van der Waals surface area (Å²) in [5.41, 5.74) is 5.86. The zero-order valence-electron chi connectivity index (χ0n) is 6.50. The molecular weight excluding hydrogens is 160 g/mol. The molecule has 1 heterocycles. The zero-order chi connectivity index (χ0) is 8.43. The van der Waals surface area contributed by atoms with Crippen molar-refractivity contribution >= 4 is 22.3 Å². The summed E-state index contributed by atoms with van der Waals surface area (Å²) in [6.07, 6.45) is 0. The number of hydrogen-bond acceptors (Lipinski definition) is 4. The van der Waals surface area contributed by atoms with E-state index >= 15 is 0 Å². The average molecular weight is 170 g/mol. The van der Waals surface area contributed by atoms with Gasteiger partial charge in [-0.15, -0.1) is 11.3 Å². The highest BCUT2D eigenvalue weighted by molar-refractivity contribution is 7.13. The number of carbonyl (C=O) groups is 1. The number of thiazole rings is 1. The maximum atomic E-state index is 11.2. The Hall–Kier alpha value is -0.900. The molecule has 0 aliphatic carbocycles. The molecule has 0 aliphatic heterocycles. The van der Waals surface area contributed by atoms with Crippen molar-refractivity contribution in [3.05, 3.63) is 11.1 Å². The third kappa shape index (κ3) is 1.77. The molecule has 0 aliphatic rings. The van der Waals surface area contributed by atoms with E-state index in [9.17, 15) is 4.79 Å². The fourth-order valence-electron chi connectivity index (χ4n) is 0.697. The number of nitrogen functional groups attached to an aromatic ring is 1. The summed E-state index contributed by atoms with van der Waals surface area (Å²) in [5.74, 6) is 0.0504. The second-order valence-corrected chi connectivity index (χ2v) is 3.48. The maximum Gasteiger partial charge on any atom is 0.184 e. The van der Waals surface area contributed by atoms with E-state index in [1.54, 1.807) is 5.38 Å². The molecule has 0 saturated carbocycles. The molecule has 0 spiro atoms.